The Kier molecular flexibility index (Phi) is 3.82. The maximum absolute atomic E-state index is 6.08. The lowest BCUT2D eigenvalue weighted by molar-refractivity contribution is 0.483. The van der Waals surface area contributed by atoms with E-state index in [9.17, 15) is 0 Å². The topological polar surface area (TPSA) is 9.23 Å². The Labute approximate surface area is 115 Å². The molecule has 0 bridgehead atoms. The minimum Gasteiger partial charge on any atom is -0.454 e. The van der Waals surface area contributed by atoms with Gasteiger partial charge in [-0.1, -0.05) is 34.8 Å². The third kappa shape index (κ3) is 3.06. The number of ether oxygens (including phenoxy) is 1. The molecule has 0 spiro atoms. The molecule has 0 aliphatic rings. The summed E-state index contributed by atoms with van der Waals surface area (Å²) in [6, 6.07) is 10.6. The first-order chi connectivity index (χ1) is 8.06. The van der Waals surface area contributed by atoms with Crippen LogP contribution in [0.5, 0.6) is 11.5 Å². The first-order valence-electron chi connectivity index (χ1n) is 4.95. The number of hydrogen-bond acceptors (Lipinski definition) is 1. The van der Waals surface area contributed by atoms with Gasteiger partial charge in [0.1, 0.15) is 5.75 Å². The minimum absolute atomic E-state index is 0.459. The van der Waals surface area contributed by atoms with E-state index >= 15 is 0 Å². The van der Waals surface area contributed by atoms with Gasteiger partial charge in [0.05, 0.1) is 10.0 Å². The van der Waals surface area contributed by atoms with Gasteiger partial charge in [-0.15, -0.1) is 0 Å². The lowest BCUT2D eigenvalue weighted by Crippen LogP contribution is -1.87. The molecule has 0 radical (unpaired) electrons. The number of halogens is 3. The van der Waals surface area contributed by atoms with E-state index in [1.54, 1.807) is 36.4 Å². The molecule has 0 heterocycles. The van der Waals surface area contributed by atoms with Crippen LogP contribution in [-0.2, 0) is 0 Å². The first kappa shape index (κ1) is 12.6. The summed E-state index contributed by atoms with van der Waals surface area (Å²) in [5, 5.41) is 1.63. The smallest absolute Gasteiger partial charge is 0.164 e. The molecule has 0 fully saturated rings. The molecule has 0 amide bonds. The molecule has 0 aliphatic heterocycles. The van der Waals surface area contributed by atoms with Crippen molar-refractivity contribution < 1.29 is 4.74 Å². The highest BCUT2D eigenvalue weighted by Crippen LogP contribution is 2.37. The maximum atomic E-state index is 6.08. The van der Waals surface area contributed by atoms with E-state index in [2.05, 4.69) is 0 Å². The van der Waals surface area contributed by atoms with Crippen LogP contribution in [0.2, 0.25) is 15.1 Å². The Morgan fingerprint density at radius 1 is 0.882 bits per heavy atom. The Morgan fingerprint density at radius 2 is 1.41 bits per heavy atom. The summed E-state index contributed by atoms with van der Waals surface area (Å²) in [6.07, 6.45) is 0. The maximum Gasteiger partial charge on any atom is 0.164 e. The molecule has 0 N–H and O–H groups in total. The lowest BCUT2D eigenvalue weighted by Gasteiger charge is -2.10. The molecule has 0 atom stereocenters. The van der Waals surface area contributed by atoms with E-state index in [0.29, 0.717) is 26.6 Å². The lowest BCUT2D eigenvalue weighted by atomic mass is 10.2. The predicted octanol–water partition coefficient (Wildman–Crippen LogP) is 5.75. The zero-order valence-corrected chi connectivity index (χ0v) is 11.3. The zero-order chi connectivity index (χ0) is 12.4. The second-order valence-electron chi connectivity index (χ2n) is 3.61. The molecule has 17 heavy (non-hydrogen) atoms. The Hall–Kier alpha value is -0.890. The molecule has 2 rings (SSSR count). The van der Waals surface area contributed by atoms with Gasteiger partial charge in [-0.25, -0.2) is 0 Å². The number of aryl methyl sites for hydroxylation is 1. The van der Waals surface area contributed by atoms with Crippen molar-refractivity contribution in [3.63, 3.8) is 0 Å². The van der Waals surface area contributed by atoms with Gasteiger partial charge in [0.15, 0.2) is 5.75 Å². The van der Waals surface area contributed by atoms with Crippen LogP contribution in [-0.4, -0.2) is 0 Å². The quantitative estimate of drug-likeness (QED) is 0.683. The van der Waals surface area contributed by atoms with E-state index in [1.807, 2.05) is 6.92 Å². The number of benzene rings is 2. The fraction of sp³-hybridized carbons (Fsp3) is 0.0769. The fourth-order valence-corrected chi connectivity index (χ4v) is 2.20. The molecule has 2 aromatic carbocycles. The van der Waals surface area contributed by atoms with Crippen molar-refractivity contribution in [1.82, 2.24) is 0 Å². The van der Waals surface area contributed by atoms with Crippen LogP contribution in [0.3, 0.4) is 0 Å². The van der Waals surface area contributed by atoms with Gasteiger partial charge in [-0.3, -0.25) is 0 Å². The van der Waals surface area contributed by atoms with E-state index in [1.165, 1.54) is 0 Å². The summed E-state index contributed by atoms with van der Waals surface area (Å²) in [5.74, 6) is 1.10. The van der Waals surface area contributed by atoms with E-state index in [0.717, 1.165) is 5.56 Å². The van der Waals surface area contributed by atoms with Gasteiger partial charge >= 0.3 is 0 Å². The van der Waals surface area contributed by atoms with E-state index in [4.69, 9.17) is 39.5 Å². The number of hydrogen-bond donors (Lipinski definition) is 0. The standard InChI is InChI=1S/C13H9Cl3O/c1-8-6-11(15)13(12(16)7-8)17-10-4-2-9(14)3-5-10/h2-7H,1H3. The molecule has 4 heteroatoms. The molecule has 0 saturated carbocycles. The number of rotatable bonds is 2. The summed E-state index contributed by atoms with van der Waals surface area (Å²) >= 11 is 18.0. The summed E-state index contributed by atoms with van der Waals surface area (Å²) in [7, 11) is 0. The van der Waals surface area contributed by atoms with Gasteiger partial charge in [0.25, 0.3) is 0 Å². The Bertz CT molecular complexity index is 512. The van der Waals surface area contributed by atoms with Crippen molar-refractivity contribution in [3.05, 3.63) is 57.0 Å². The summed E-state index contributed by atoms with van der Waals surface area (Å²) in [4.78, 5) is 0. The third-order valence-electron chi connectivity index (χ3n) is 2.18. The second-order valence-corrected chi connectivity index (χ2v) is 4.86. The van der Waals surface area contributed by atoms with Gasteiger partial charge < -0.3 is 4.74 Å². The molecule has 2 aromatic rings. The van der Waals surface area contributed by atoms with Crippen molar-refractivity contribution in [3.8, 4) is 11.5 Å². The van der Waals surface area contributed by atoms with Crippen molar-refractivity contribution in [2.45, 2.75) is 6.92 Å². The van der Waals surface area contributed by atoms with Crippen molar-refractivity contribution in [1.29, 1.82) is 0 Å². The van der Waals surface area contributed by atoms with Crippen LogP contribution < -0.4 is 4.74 Å². The zero-order valence-electron chi connectivity index (χ0n) is 9.01. The third-order valence-corrected chi connectivity index (χ3v) is 2.99. The van der Waals surface area contributed by atoms with Crippen LogP contribution in [0.1, 0.15) is 5.56 Å². The summed E-state index contributed by atoms with van der Waals surface area (Å²) in [6.45, 7) is 1.92. The second kappa shape index (κ2) is 5.18. The van der Waals surface area contributed by atoms with E-state index in [-0.39, 0.29) is 0 Å². The molecule has 1 nitrogen and oxygen atoms in total. The van der Waals surface area contributed by atoms with Crippen LogP contribution in [0, 0.1) is 6.92 Å². The highest BCUT2D eigenvalue weighted by molar-refractivity contribution is 6.37. The minimum atomic E-state index is 0.459. The van der Waals surface area contributed by atoms with Crippen molar-refractivity contribution in [2.75, 3.05) is 0 Å². The van der Waals surface area contributed by atoms with Gasteiger partial charge in [0, 0.05) is 5.02 Å². The highest BCUT2D eigenvalue weighted by atomic mass is 35.5. The predicted molar refractivity (Wildman–Crippen MR) is 72.7 cm³/mol. The average molecular weight is 288 g/mol. The van der Waals surface area contributed by atoms with Gasteiger partial charge in [-0.05, 0) is 48.9 Å². The van der Waals surface area contributed by atoms with Crippen LogP contribution in [0.15, 0.2) is 36.4 Å². The Morgan fingerprint density at radius 3 is 1.94 bits per heavy atom. The van der Waals surface area contributed by atoms with Gasteiger partial charge in [-0.2, -0.15) is 0 Å². The fourth-order valence-electron chi connectivity index (χ4n) is 1.40. The van der Waals surface area contributed by atoms with Crippen molar-refractivity contribution >= 4 is 34.8 Å². The summed E-state index contributed by atoms with van der Waals surface area (Å²) < 4.78 is 5.63. The molecule has 0 unspecified atom stereocenters. The van der Waals surface area contributed by atoms with Crippen LogP contribution in [0.4, 0.5) is 0 Å². The molecular formula is C13H9Cl3O. The van der Waals surface area contributed by atoms with Crippen molar-refractivity contribution in [2.24, 2.45) is 0 Å². The molecule has 0 aliphatic carbocycles. The van der Waals surface area contributed by atoms with Gasteiger partial charge in [0.2, 0.25) is 0 Å². The first-order valence-corrected chi connectivity index (χ1v) is 6.09. The molecular weight excluding hydrogens is 279 g/mol. The monoisotopic (exact) mass is 286 g/mol. The normalized spacial score (nSPS) is 10.4. The molecule has 0 aromatic heterocycles. The SMILES string of the molecule is Cc1cc(Cl)c(Oc2ccc(Cl)cc2)c(Cl)c1. The molecule has 0 saturated heterocycles. The molecule has 88 valence electrons. The van der Waals surface area contributed by atoms with E-state index < -0.39 is 0 Å². The van der Waals surface area contributed by atoms with Crippen LogP contribution >= 0.6 is 34.8 Å². The van der Waals surface area contributed by atoms with Crippen LogP contribution in [0.25, 0.3) is 0 Å². The summed E-state index contributed by atoms with van der Waals surface area (Å²) in [5.41, 5.74) is 0.989. The average Bonchev–Trinajstić information content (AvgIpc) is 2.26. The Balaban J connectivity index is 2.33. The largest absolute Gasteiger partial charge is 0.454 e. The highest BCUT2D eigenvalue weighted by Gasteiger charge is 2.09.